The number of nitrogens with one attached hydrogen (secondary N) is 1. The minimum absolute atomic E-state index is 0.0161. The third-order valence-electron chi connectivity index (χ3n) is 2.06. The third kappa shape index (κ3) is 8.60. The molecule has 0 aliphatic rings. The Balaban J connectivity index is 3.82. The normalized spacial score (nSPS) is 10.8. The molecule has 0 unspecified atom stereocenters. The molecule has 0 spiro atoms. The number of carbonyl (C=O) groups excluding carboxylic acids is 1. The lowest BCUT2D eigenvalue weighted by Gasteiger charge is -2.20. The lowest BCUT2D eigenvalue weighted by atomic mass is 10.4. The van der Waals surface area contributed by atoms with Crippen LogP contribution in [0.4, 0.5) is 0 Å². The summed E-state index contributed by atoms with van der Waals surface area (Å²) >= 11 is 0. The Morgan fingerprint density at radius 2 is 1.81 bits per heavy atom. The van der Waals surface area contributed by atoms with Gasteiger partial charge in [0, 0.05) is 40.4 Å². The van der Waals surface area contributed by atoms with Crippen LogP contribution in [0.1, 0.15) is 0 Å². The molecule has 1 amide bonds. The molecule has 3 N–H and O–H groups in total. The van der Waals surface area contributed by atoms with Gasteiger partial charge in [-0.1, -0.05) is 0 Å². The van der Waals surface area contributed by atoms with Crippen LogP contribution in [0.15, 0.2) is 0 Å². The number of methoxy groups -OCH3 is 2. The largest absolute Gasteiger partial charge is 0.383 e. The minimum atomic E-state index is -0.0161. The van der Waals surface area contributed by atoms with Crippen LogP contribution in [0, 0.1) is 0 Å². The van der Waals surface area contributed by atoms with Gasteiger partial charge in [-0.05, 0) is 0 Å². The van der Waals surface area contributed by atoms with E-state index in [4.69, 9.17) is 15.2 Å². The van der Waals surface area contributed by atoms with Crippen LogP contribution in [-0.4, -0.2) is 71.0 Å². The van der Waals surface area contributed by atoms with E-state index in [0.717, 1.165) is 13.1 Å². The summed E-state index contributed by atoms with van der Waals surface area (Å²) in [5, 5.41) is 2.73. The van der Waals surface area contributed by atoms with Crippen LogP contribution >= 0.6 is 0 Å². The molecule has 0 saturated heterocycles. The van der Waals surface area contributed by atoms with Crippen LogP contribution in [0.5, 0.6) is 0 Å². The molecule has 6 heteroatoms. The molecule has 0 heterocycles. The Kier molecular flexibility index (Phi) is 10.3. The Morgan fingerprint density at radius 3 is 2.25 bits per heavy atom. The molecular formula is C10H23N3O3. The van der Waals surface area contributed by atoms with Crippen molar-refractivity contribution in [2.24, 2.45) is 5.73 Å². The quantitative estimate of drug-likeness (QED) is 0.488. The van der Waals surface area contributed by atoms with Gasteiger partial charge in [0.15, 0.2) is 0 Å². The molecule has 0 aromatic rings. The van der Waals surface area contributed by atoms with Crippen molar-refractivity contribution in [2.45, 2.75) is 0 Å². The first-order valence-corrected chi connectivity index (χ1v) is 5.41. The summed E-state index contributed by atoms with van der Waals surface area (Å²) < 4.78 is 9.96. The van der Waals surface area contributed by atoms with Gasteiger partial charge in [-0.3, -0.25) is 9.69 Å². The Morgan fingerprint density at radius 1 is 1.25 bits per heavy atom. The standard InChI is InChI=1S/C10H23N3O3/c1-15-7-5-13(6-8-16-2)9-10(14)12-4-3-11/h3-9,11H2,1-2H3,(H,12,14). The first-order valence-electron chi connectivity index (χ1n) is 5.41. The smallest absolute Gasteiger partial charge is 0.234 e. The zero-order chi connectivity index (χ0) is 12.2. The van der Waals surface area contributed by atoms with Crippen LogP contribution in [0.2, 0.25) is 0 Å². The van der Waals surface area contributed by atoms with Gasteiger partial charge in [-0.25, -0.2) is 0 Å². The maximum atomic E-state index is 11.4. The molecule has 0 aliphatic heterocycles. The van der Waals surface area contributed by atoms with E-state index in [0.29, 0.717) is 32.8 Å². The molecule has 0 aliphatic carbocycles. The summed E-state index contributed by atoms with van der Waals surface area (Å²) in [7, 11) is 3.28. The van der Waals surface area contributed by atoms with Crippen LogP contribution in [-0.2, 0) is 14.3 Å². The zero-order valence-electron chi connectivity index (χ0n) is 10.2. The second kappa shape index (κ2) is 10.8. The van der Waals surface area contributed by atoms with Crippen molar-refractivity contribution in [3.8, 4) is 0 Å². The Hall–Kier alpha value is -0.690. The molecule has 0 fully saturated rings. The summed E-state index contributed by atoms with van der Waals surface area (Å²) in [6, 6.07) is 0. The zero-order valence-corrected chi connectivity index (χ0v) is 10.2. The predicted octanol–water partition coefficient (Wildman–Crippen LogP) is -1.34. The highest BCUT2D eigenvalue weighted by Crippen LogP contribution is 1.89. The molecule has 0 radical (unpaired) electrons. The van der Waals surface area contributed by atoms with E-state index in [1.165, 1.54) is 0 Å². The number of rotatable bonds is 10. The fourth-order valence-corrected chi connectivity index (χ4v) is 1.18. The van der Waals surface area contributed by atoms with Gasteiger partial charge >= 0.3 is 0 Å². The molecule has 0 atom stereocenters. The number of hydrogen-bond donors (Lipinski definition) is 2. The fourth-order valence-electron chi connectivity index (χ4n) is 1.18. The van der Waals surface area contributed by atoms with Crippen molar-refractivity contribution in [3.05, 3.63) is 0 Å². The van der Waals surface area contributed by atoms with Crippen molar-refractivity contribution >= 4 is 5.91 Å². The van der Waals surface area contributed by atoms with Crippen LogP contribution in [0.25, 0.3) is 0 Å². The second-order valence-corrected chi connectivity index (χ2v) is 3.40. The van der Waals surface area contributed by atoms with E-state index >= 15 is 0 Å². The average Bonchev–Trinajstić information content (AvgIpc) is 2.30. The molecular weight excluding hydrogens is 210 g/mol. The van der Waals surface area contributed by atoms with E-state index < -0.39 is 0 Å². The monoisotopic (exact) mass is 233 g/mol. The van der Waals surface area contributed by atoms with Crippen molar-refractivity contribution in [1.82, 2.24) is 10.2 Å². The fraction of sp³-hybridized carbons (Fsp3) is 0.900. The predicted molar refractivity (Wildman–Crippen MR) is 62.3 cm³/mol. The lowest BCUT2D eigenvalue weighted by molar-refractivity contribution is -0.122. The van der Waals surface area contributed by atoms with Gasteiger partial charge in [0.2, 0.25) is 5.91 Å². The third-order valence-corrected chi connectivity index (χ3v) is 2.06. The molecule has 6 nitrogen and oxygen atoms in total. The highest BCUT2D eigenvalue weighted by molar-refractivity contribution is 5.77. The first kappa shape index (κ1) is 15.3. The SMILES string of the molecule is COCCN(CCOC)CC(=O)NCCN. The Labute approximate surface area is 97.1 Å². The van der Waals surface area contributed by atoms with E-state index in [1.54, 1.807) is 14.2 Å². The van der Waals surface area contributed by atoms with Gasteiger partial charge in [-0.2, -0.15) is 0 Å². The summed E-state index contributed by atoms with van der Waals surface area (Å²) in [5.41, 5.74) is 5.30. The molecule has 0 saturated carbocycles. The van der Waals surface area contributed by atoms with Gasteiger partial charge in [0.25, 0.3) is 0 Å². The highest BCUT2D eigenvalue weighted by Gasteiger charge is 2.09. The Bertz CT molecular complexity index is 171. The van der Waals surface area contributed by atoms with Crippen molar-refractivity contribution in [2.75, 3.05) is 60.2 Å². The molecule has 96 valence electrons. The number of carbonyl (C=O) groups is 1. The van der Waals surface area contributed by atoms with Crippen LogP contribution < -0.4 is 11.1 Å². The highest BCUT2D eigenvalue weighted by atomic mass is 16.5. The first-order chi connectivity index (χ1) is 7.74. The van der Waals surface area contributed by atoms with Gasteiger partial charge in [0.1, 0.15) is 0 Å². The number of amides is 1. The molecule has 16 heavy (non-hydrogen) atoms. The number of ether oxygens (including phenoxy) is 2. The van der Waals surface area contributed by atoms with Gasteiger partial charge in [-0.15, -0.1) is 0 Å². The number of nitrogens with zero attached hydrogens (tertiary/aromatic N) is 1. The lowest BCUT2D eigenvalue weighted by Crippen LogP contribution is -2.41. The van der Waals surface area contributed by atoms with Crippen LogP contribution in [0.3, 0.4) is 0 Å². The van der Waals surface area contributed by atoms with Gasteiger partial charge in [0.05, 0.1) is 19.8 Å². The van der Waals surface area contributed by atoms with Crippen molar-refractivity contribution < 1.29 is 14.3 Å². The number of hydrogen-bond acceptors (Lipinski definition) is 5. The summed E-state index contributed by atoms with van der Waals surface area (Å²) in [4.78, 5) is 13.4. The van der Waals surface area contributed by atoms with Gasteiger partial charge < -0.3 is 20.5 Å². The van der Waals surface area contributed by atoms with Crippen molar-refractivity contribution in [1.29, 1.82) is 0 Å². The van der Waals surface area contributed by atoms with E-state index in [2.05, 4.69) is 5.32 Å². The summed E-state index contributed by atoms with van der Waals surface area (Å²) in [6.07, 6.45) is 0. The average molecular weight is 233 g/mol. The maximum absolute atomic E-state index is 11.4. The topological polar surface area (TPSA) is 76.8 Å². The van der Waals surface area contributed by atoms with E-state index in [-0.39, 0.29) is 5.91 Å². The maximum Gasteiger partial charge on any atom is 0.234 e. The molecule has 0 aromatic carbocycles. The molecule has 0 bridgehead atoms. The molecule has 0 rings (SSSR count). The van der Waals surface area contributed by atoms with E-state index in [1.807, 2.05) is 4.90 Å². The second-order valence-electron chi connectivity index (χ2n) is 3.40. The minimum Gasteiger partial charge on any atom is -0.383 e. The summed E-state index contributed by atoms with van der Waals surface area (Å²) in [5.74, 6) is -0.0161. The van der Waals surface area contributed by atoms with Crippen molar-refractivity contribution in [3.63, 3.8) is 0 Å². The summed E-state index contributed by atoms with van der Waals surface area (Å²) in [6.45, 7) is 3.98. The van der Waals surface area contributed by atoms with E-state index in [9.17, 15) is 4.79 Å². The number of nitrogens with two attached hydrogens (primary N) is 1. The molecule has 0 aromatic heterocycles.